The summed E-state index contributed by atoms with van der Waals surface area (Å²) in [6, 6.07) is 8.08. The van der Waals surface area contributed by atoms with Crippen molar-refractivity contribution in [2.45, 2.75) is 34.6 Å². The van der Waals surface area contributed by atoms with Crippen molar-refractivity contribution in [1.29, 1.82) is 0 Å². The molecule has 1 aromatic carbocycles. The molecule has 28 heavy (non-hydrogen) atoms. The summed E-state index contributed by atoms with van der Waals surface area (Å²) in [7, 11) is 0. The Morgan fingerprint density at radius 1 is 1.07 bits per heavy atom. The average molecular weight is 378 g/mol. The van der Waals surface area contributed by atoms with Crippen LogP contribution < -0.4 is 5.32 Å². The smallest absolute Gasteiger partial charge is 0.248 e. The van der Waals surface area contributed by atoms with Gasteiger partial charge in [-0.15, -0.1) is 0 Å². The van der Waals surface area contributed by atoms with Crippen molar-refractivity contribution in [2.24, 2.45) is 0 Å². The zero-order valence-corrected chi connectivity index (χ0v) is 16.7. The van der Waals surface area contributed by atoms with Crippen LogP contribution in [0.4, 0.5) is 10.1 Å². The van der Waals surface area contributed by atoms with Gasteiger partial charge in [0.05, 0.1) is 22.8 Å². The van der Waals surface area contributed by atoms with Crippen molar-refractivity contribution in [1.82, 2.24) is 14.8 Å². The van der Waals surface area contributed by atoms with Crippen molar-refractivity contribution in [3.63, 3.8) is 0 Å². The highest BCUT2D eigenvalue weighted by atomic mass is 19.1. The van der Waals surface area contributed by atoms with Crippen LogP contribution >= 0.6 is 0 Å². The van der Waals surface area contributed by atoms with E-state index in [1.54, 1.807) is 22.9 Å². The minimum Gasteiger partial charge on any atom is -0.321 e. The number of rotatable bonds is 4. The fourth-order valence-corrected chi connectivity index (χ4v) is 3.27. The summed E-state index contributed by atoms with van der Waals surface area (Å²) >= 11 is 0. The third-order valence-corrected chi connectivity index (χ3v) is 4.59. The molecular weight excluding hydrogens is 355 g/mol. The Hall–Kier alpha value is -3.28. The number of nitrogens with zero attached hydrogens (tertiary/aromatic N) is 3. The molecule has 5 nitrogen and oxygen atoms in total. The number of carbonyl (C=O) groups excluding carboxylic acids is 1. The number of pyridine rings is 1. The normalized spacial score (nSPS) is 11.2. The van der Waals surface area contributed by atoms with Gasteiger partial charge in [0.2, 0.25) is 5.91 Å². The molecule has 0 saturated heterocycles. The number of hydrogen-bond acceptors (Lipinski definition) is 3. The molecule has 0 radical (unpaired) electrons. The molecule has 1 amide bonds. The van der Waals surface area contributed by atoms with Crippen molar-refractivity contribution < 1.29 is 9.18 Å². The lowest BCUT2D eigenvalue weighted by Gasteiger charge is -2.10. The van der Waals surface area contributed by atoms with Crippen molar-refractivity contribution in [3.05, 3.63) is 76.1 Å². The Bertz CT molecular complexity index is 1040. The van der Waals surface area contributed by atoms with Crippen LogP contribution in [0.2, 0.25) is 0 Å². The average Bonchev–Trinajstić information content (AvgIpc) is 2.91. The zero-order chi connectivity index (χ0) is 20.4. The Kier molecular flexibility index (Phi) is 5.40. The molecule has 0 atom stereocenters. The van der Waals surface area contributed by atoms with Crippen LogP contribution in [0.25, 0.3) is 11.8 Å². The van der Waals surface area contributed by atoms with E-state index in [1.165, 1.54) is 18.2 Å². The van der Waals surface area contributed by atoms with Gasteiger partial charge in [0, 0.05) is 23.0 Å². The number of aryl methyl sites for hydroxylation is 4. The third kappa shape index (κ3) is 4.01. The summed E-state index contributed by atoms with van der Waals surface area (Å²) in [4.78, 5) is 16.8. The maximum atomic E-state index is 13.2. The minimum absolute atomic E-state index is 0.231. The van der Waals surface area contributed by atoms with E-state index in [4.69, 9.17) is 0 Å². The van der Waals surface area contributed by atoms with E-state index in [-0.39, 0.29) is 11.7 Å². The van der Waals surface area contributed by atoms with E-state index < -0.39 is 0 Å². The maximum Gasteiger partial charge on any atom is 0.248 e. The first kappa shape index (κ1) is 19.5. The molecular formula is C22H23FN4O. The van der Waals surface area contributed by atoms with Gasteiger partial charge in [0.1, 0.15) is 5.82 Å². The highest BCUT2D eigenvalue weighted by Crippen LogP contribution is 2.21. The van der Waals surface area contributed by atoms with Gasteiger partial charge in [-0.25, -0.2) is 9.07 Å². The monoisotopic (exact) mass is 378 g/mol. The molecule has 0 aliphatic heterocycles. The summed E-state index contributed by atoms with van der Waals surface area (Å²) in [6.07, 6.45) is 3.24. The zero-order valence-electron chi connectivity index (χ0n) is 16.7. The minimum atomic E-state index is -0.293. The van der Waals surface area contributed by atoms with E-state index in [2.05, 4.69) is 15.4 Å². The molecule has 0 fully saturated rings. The molecule has 2 aromatic heterocycles. The van der Waals surface area contributed by atoms with Gasteiger partial charge >= 0.3 is 0 Å². The molecule has 3 aromatic rings. The lowest BCUT2D eigenvalue weighted by Crippen LogP contribution is -2.11. The van der Waals surface area contributed by atoms with Crippen molar-refractivity contribution in [2.75, 3.05) is 5.32 Å². The second kappa shape index (κ2) is 7.76. The standard InChI is InChI=1S/C22H23FN4O/c1-13-12-14(2)24-16(4)22(13)25-21(28)11-10-20-15(3)26-27(17(20)5)19-8-6-18(23)7-9-19/h6-12H,1-5H3,(H,25,28). The van der Waals surface area contributed by atoms with Crippen LogP contribution in [0.3, 0.4) is 0 Å². The first-order valence-corrected chi connectivity index (χ1v) is 9.02. The van der Waals surface area contributed by atoms with Gasteiger partial charge in [-0.05, 0) is 76.6 Å². The molecule has 1 N–H and O–H groups in total. The van der Waals surface area contributed by atoms with Crippen LogP contribution in [0.5, 0.6) is 0 Å². The van der Waals surface area contributed by atoms with E-state index in [0.717, 1.165) is 45.3 Å². The summed E-state index contributed by atoms with van der Waals surface area (Å²) in [5, 5.41) is 7.41. The quantitative estimate of drug-likeness (QED) is 0.675. The summed E-state index contributed by atoms with van der Waals surface area (Å²) in [6.45, 7) is 9.54. The van der Waals surface area contributed by atoms with Crippen molar-refractivity contribution in [3.8, 4) is 5.69 Å². The largest absolute Gasteiger partial charge is 0.321 e. The Morgan fingerprint density at radius 2 is 1.75 bits per heavy atom. The van der Waals surface area contributed by atoms with Gasteiger partial charge in [-0.3, -0.25) is 9.78 Å². The number of aromatic nitrogens is 3. The van der Waals surface area contributed by atoms with E-state index in [0.29, 0.717) is 0 Å². The Balaban J connectivity index is 1.83. The molecule has 6 heteroatoms. The molecule has 3 rings (SSSR count). The SMILES string of the molecule is Cc1cc(C)c(NC(=O)C=Cc2c(C)nn(-c3ccc(F)cc3)c2C)c(C)n1. The first-order valence-electron chi connectivity index (χ1n) is 9.02. The lowest BCUT2D eigenvalue weighted by molar-refractivity contribution is -0.111. The van der Waals surface area contributed by atoms with Crippen molar-refractivity contribution >= 4 is 17.7 Å². The summed E-state index contributed by atoms with van der Waals surface area (Å²) in [5.74, 6) is -0.525. The summed E-state index contributed by atoms with van der Waals surface area (Å²) < 4.78 is 14.9. The summed E-state index contributed by atoms with van der Waals surface area (Å²) in [5.41, 5.74) is 6.70. The Labute approximate surface area is 163 Å². The number of carbonyl (C=O) groups is 1. The molecule has 0 unspecified atom stereocenters. The molecule has 0 aliphatic carbocycles. The molecule has 144 valence electrons. The second-order valence-corrected chi connectivity index (χ2v) is 6.84. The van der Waals surface area contributed by atoms with Crippen LogP contribution in [-0.2, 0) is 4.79 Å². The van der Waals surface area contributed by atoms with E-state index in [9.17, 15) is 9.18 Å². The van der Waals surface area contributed by atoms with Crippen LogP contribution in [0.15, 0.2) is 36.4 Å². The second-order valence-electron chi connectivity index (χ2n) is 6.84. The fourth-order valence-electron chi connectivity index (χ4n) is 3.27. The highest BCUT2D eigenvalue weighted by Gasteiger charge is 2.12. The maximum absolute atomic E-state index is 13.2. The predicted octanol–water partition coefficient (Wildman–Crippen LogP) is 4.60. The Morgan fingerprint density at radius 3 is 2.39 bits per heavy atom. The van der Waals surface area contributed by atoms with Gasteiger partial charge < -0.3 is 5.32 Å². The number of benzene rings is 1. The molecule has 0 saturated carbocycles. The predicted molar refractivity (Wildman–Crippen MR) is 109 cm³/mol. The van der Waals surface area contributed by atoms with Crippen LogP contribution in [-0.4, -0.2) is 20.7 Å². The van der Waals surface area contributed by atoms with E-state index >= 15 is 0 Å². The van der Waals surface area contributed by atoms with Gasteiger partial charge in [-0.2, -0.15) is 5.10 Å². The number of anilines is 1. The lowest BCUT2D eigenvalue weighted by atomic mass is 10.1. The van der Waals surface area contributed by atoms with Crippen LogP contribution in [0.1, 0.15) is 33.9 Å². The van der Waals surface area contributed by atoms with Gasteiger partial charge in [0.15, 0.2) is 0 Å². The highest BCUT2D eigenvalue weighted by molar-refractivity contribution is 6.02. The van der Waals surface area contributed by atoms with E-state index in [1.807, 2.05) is 40.7 Å². The molecule has 0 bridgehead atoms. The van der Waals surface area contributed by atoms with Gasteiger partial charge in [0.25, 0.3) is 0 Å². The number of amides is 1. The van der Waals surface area contributed by atoms with Crippen LogP contribution in [0, 0.1) is 40.4 Å². The van der Waals surface area contributed by atoms with Gasteiger partial charge in [-0.1, -0.05) is 0 Å². The number of hydrogen-bond donors (Lipinski definition) is 1. The molecule has 0 aliphatic rings. The number of halogens is 1. The fraction of sp³-hybridized carbons (Fsp3) is 0.227. The molecule has 2 heterocycles. The molecule has 0 spiro atoms. The third-order valence-electron chi connectivity index (χ3n) is 4.59. The first-order chi connectivity index (χ1) is 13.3. The topological polar surface area (TPSA) is 59.8 Å². The number of nitrogens with one attached hydrogen (secondary N) is 1.